The van der Waals surface area contributed by atoms with Gasteiger partial charge in [0.1, 0.15) is 5.82 Å². The van der Waals surface area contributed by atoms with Crippen molar-refractivity contribution in [3.8, 4) is 23.9 Å². The Morgan fingerprint density at radius 2 is 2.10 bits per heavy atom. The minimum absolute atomic E-state index is 0.321. The summed E-state index contributed by atoms with van der Waals surface area (Å²) in [4.78, 5) is 18.8. The van der Waals surface area contributed by atoms with E-state index < -0.39 is 0 Å². The molecule has 4 heterocycles. The van der Waals surface area contributed by atoms with Crippen molar-refractivity contribution in [2.45, 2.75) is 6.54 Å². The Hall–Kier alpha value is -3.74. The first kappa shape index (κ1) is 18.3. The van der Waals surface area contributed by atoms with Crippen molar-refractivity contribution < 1.29 is 4.74 Å². The number of H-pyrrole nitrogens is 2. The van der Waals surface area contributed by atoms with Gasteiger partial charge in [0.15, 0.2) is 11.5 Å². The van der Waals surface area contributed by atoms with E-state index in [-0.39, 0.29) is 0 Å². The maximum Gasteiger partial charge on any atom is 0.206 e. The third-order valence-corrected chi connectivity index (χ3v) is 4.97. The highest BCUT2D eigenvalue weighted by molar-refractivity contribution is 5.82. The second kappa shape index (κ2) is 7.94. The van der Waals surface area contributed by atoms with E-state index in [9.17, 15) is 0 Å². The number of benzene rings is 1. The highest BCUT2D eigenvalue weighted by Gasteiger charge is 2.15. The van der Waals surface area contributed by atoms with Crippen molar-refractivity contribution in [1.82, 2.24) is 35.0 Å². The summed E-state index contributed by atoms with van der Waals surface area (Å²) in [7, 11) is 0. The molecule has 1 fully saturated rings. The Morgan fingerprint density at radius 3 is 2.97 bits per heavy atom. The zero-order valence-corrected chi connectivity index (χ0v) is 16.2. The van der Waals surface area contributed by atoms with Gasteiger partial charge in [0, 0.05) is 32.0 Å². The van der Waals surface area contributed by atoms with E-state index in [1.165, 1.54) is 5.56 Å². The largest absolute Gasteiger partial charge is 0.379 e. The van der Waals surface area contributed by atoms with E-state index in [0.717, 1.165) is 49.6 Å². The molecule has 0 amide bonds. The lowest BCUT2D eigenvalue weighted by molar-refractivity contribution is 0.0342. The minimum atomic E-state index is 0.321. The van der Waals surface area contributed by atoms with E-state index >= 15 is 0 Å². The number of fused-ring (bicyclic) bond motifs is 1. The number of anilines is 2. The number of nitrogens with zero attached hydrogens (tertiary/aromatic N) is 5. The van der Waals surface area contributed by atoms with Crippen LogP contribution < -0.4 is 5.32 Å². The molecule has 1 aromatic carbocycles. The molecule has 1 aliphatic heterocycles. The number of imidazole rings is 1. The maximum absolute atomic E-state index is 5.43. The number of rotatable bonds is 5. The lowest BCUT2D eigenvalue weighted by Gasteiger charge is -2.26. The van der Waals surface area contributed by atoms with Crippen molar-refractivity contribution in [2.24, 2.45) is 0 Å². The highest BCUT2D eigenvalue weighted by atomic mass is 16.5. The van der Waals surface area contributed by atoms with Crippen LogP contribution in [0.25, 0.3) is 22.6 Å². The molecule has 0 unspecified atom stereocenters. The summed E-state index contributed by atoms with van der Waals surface area (Å²) < 4.78 is 5.43. The number of aromatic amines is 2. The normalized spacial score (nSPS) is 14.6. The predicted octanol–water partition coefficient (Wildman–Crippen LogP) is 2.30. The Bertz CT molecular complexity index is 1220. The van der Waals surface area contributed by atoms with Gasteiger partial charge in [0.25, 0.3) is 0 Å². The number of ether oxygens (including phenoxy) is 1. The SMILES string of the molecule is C#Cc1nccc(Nc2c[nH]nc2-c2nc3cc(CN4CCOCC4)ccc3[nH]2)n1. The van der Waals surface area contributed by atoms with Gasteiger partial charge < -0.3 is 15.0 Å². The monoisotopic (exact) mass is 400 g/mol. The molecule has 0 aliphatic carbocycles. The van der Waals surface area contributed by atoms with Gasteiger partial charge in [-0.25, -0.2) is 15.0 Å². The molecule has 0 radical (unpaired) electrons. The summed E-state index contributed by atoms with van der Waals surface area (Å²) in [5, 5.41) is 10.4. The van der Waals surface area contributed by atoms with Crippen molar-refractivity contribution in [1.29, 1.82) is 0 Å². The van der Waals surface area contributed by atoms with Crippen molar-refractivity contribution in [3.63, 3.8) is 0 Å². The first-order valence-corrected chi connectivity index (χ1v) is 9.68. The second-order valence-corrected chi connectivity index (χ2v) is 7.01. The van der Waals surface area contributed by atoms with Crippen LogP contribution in [-0.2, 0) is 11.3 Å². The van der Waals surface area contributed by atoms with Gasteiger partial charge in [-0.05, 0) is 29.7 Å². The average molecular weight is 400 g/mol. The van der Waals surface area contributed by atoms with Gasteiger partial charge in [-0.1, -0.05) is 6.07 Å². The summed E-state index contributed by atoms with van der Waals surface area (Å²) in [6.07, 6.45) is 8.75. The van der Waals surface area contributed by atoms with Crippen LogP contribution in [0, 0.1) is 12.3 Å². The first-order chi connectivity index (χ1) is 14.8. The Kier molecular flexibility index (Phi) is 4.85. The summed E-state index contributed by atoms with van der Waals surface area (Å²) in [5.41, 5.74) is 4.50. The first-order valence-electron chi connectivity index (χ1n) is 9.68. The van der Waals surface area contributed by atoms with E-state index in [1.54, 1.807) is 18.5 Å². The summed E-state index contributed by atoms with van der Waals surface area (Å²) in [6.45, 7) is 4.38. The van der Waals surface area contributed by atoms with Crippen LogP contribution in [0.2, 0.25) is 0 Å². The number of hydrogen-bond acceptors (Lipinski definition) is 7. The Labute approximate surface area is 172 Å². The number of terminal acetylenes is 1. The molecule has 0 saturated carbocycles. The Morgan fingerprint density at radius 1 is 1.20 bits per heavy atom. The summed E-state index contributed by atoms with van der Waals surface area (Å²) >= 11 is 0. The lowest BCUT2D eigenvalue weighted by atomic mass is 10.2. The fourth-order valence-corrected chi connectivity index (χ4v) is 3.48. The molecule has 5 rings (SSSR count). The average Bonchev–Trinajstić information content (AvgIpc) is 3.41. The zero-order chi connectivity index (χ0) is 20.3. The second-order valence-electron chi connectivity index (χ2n) is 7.01. The zero-order valence-electron chi connectivity index (χ0n) is 16.2. The van der Waals surface area contributed by atoms with Crippen LogP contribution in [0.3, 0.4) is 0 Å². The van der Waals surface area contributed by atoms with Crippen LogP contribution in [0.15, 0.2) is 36.7 Å². The summed E-state index contributed by atoms with van der Waals surface area (Å²) in [5.74, 6) is 4.01. The van der Waals surface area contributed by atoms with Gasteiger partial charge in [-0.2, -0.15) is 5.10 Å². The van der Waals surface area contributed by atoms with Crippen molar-refractivity contribution in [2.75, 3.05) is 31.6 Å². The van der Waals surface area contributed by atoms with Gasteiger partial charge in [-0.15, -0.1) is 6.42 Å². The van der Waals surface area contributed by atoms with E-state index in [4.69, 9.17) is 16.1 Å². The molecular weight excluding hydrogens is 380 g/mol. The molecule has 9 heteroatoms. The number of hydrogen-bond donors (Lipinski definition) is 3. The topological polar surface area (TPSA) is 108 Å². The maximum atomic E-state index is 5.43. The summed E-state index contributed by atoms with van der Waals surface area (Å²) in [6, 6.07) is 8.05. The third kappa shape index (κ3) is 3.74. The number of morpholine rings is 1. The van der Waals surface area contributed by atoms with Gasteiger partial charge in [0.05, 0.1) is 29.9 Å². The molecule has 150 valence electrons. The van der Waals surface area contributed by atoms with Crippen LogP contribution >= 0.6 is 0 Å². The molecule has 0 spiro atoms. The smallest absolute Gasteiger partial charge is 0.206 e. The molecule has 1 saturated heterocycles. The quantitative estimate of drug-likeness (QED) is 0.441. The molecule has 9 nitrogen and oxygen atoms in total. The molecule has 3 N–H and O–H groups in total. The van der Waals surface area contributed by atoms with Gasteiger partial charge >= 0.3 is 0 Å². The van der Waals surface area contributed by atoms with Gasteiger partial charge in [-0.3, -0.25) is 10.00 Å². The fourth-order valence-electron chi connectivity index (χ4n) is 3.48. The van der Waals surface area contributed by atoms with E-state index in [0.29, 0.717) is 23.2 Å². The molecule has 4 aromatic rings. The molecule has 1 aliphatic rings. The minimum Gasteiger partial charge on any atom is -0.379 e. The van der Waals surface area contributed by atoms with E-state index in [2.05, 4.69) is 59.5 Å². The molecular formula is C21H20N8O. The molecule has 0 bridgehead atoms. The fraction of sp³-hybridized carbons (Fsp3) is 0.238. The van der Waals surface area contributed by atoms with Crippen LogP contribution in [0.4, 0.5) is 11.5 Å². The van der Waals surface area contributed by atoms with Gasteiger partial charge in [0.2, 0.25) is 5.82 Å². The molecule has 30 heavy (non-hydrogen) atoms. The number of aromatic nitrogens is 6. The van der Waals surface area contributed by atoms with Crippen LogP contribution in [0.5, 0.6) is 0 Å². The van der Waals surface area contributed by atoms with Crippen LogP contribution in [-0.4, -0.2) is 61.3 Å². The predicted molar refractivity (Wildman–Crippen MR) is 113 cm³/mol. The van der Waals surface area contributed by atoms with E-state index in [1.807, 2.05) is 0 Å². The molecule has 3 aromatic heterocycles. The number of nitrogens with one attached hydrogen (secondary N) is 3. The van der Waals surface area contributed by atoms with Crippen molar-refractivity contribution >= 4 is 22.5 Å². The van der Waals surface area contributed by atoms with Crippen LogP contribution in [0.1, 0.15) is 11.4 Å². The standard InChI is InChI=1S/C21H20N8O/c1-2-18-22-6-5-19(27-18)24-17-12-23-28-20(17)21-25-15-4-3-14(11-16(15)26-21)13-29-7-9-30-10-8-29/h1,3-6,11-12H,7-10,13H2,(H,23,28)(H,25,26)(H,22,24,27). The van der Waals surface area contributed by atoms with Crippen molar-refractivity contribution in [3.05, 3.63) is 48.0 Å². The third-order valence-electron chi connectivity index (χ3n) is 4.97. The molecule has 0 atom stereocenters. The Balaban J connectivity index is 1.40. The lowest BCUT2D eigenvalue weighted by Crippen LogP contribution is -2.35. The highest BCUT2D eigenvalue weighted by Crippen LogP contribution is 2.27.